The number of methoxy groups -OCH3 is 1. The lowest BCUT2D eigenvalue weighted by molar-refractivity contribution is 0.0996. The fraction of sp³-hybridized carbons (Fsp3) is 0.231. The molecule has 0 bridgehead atoms. The second-order valence-corrected chi connectivity index (χ2v) is 10.5. The Labute approximate surface area is 205 Å². The fourth-order valence-electron chi connectivity index (χ4n) is 3.30. The molecule has 0 atom stereocenters. The number of hydrogen-bond acceptors (Lipinski definition) is 6. The van der Waals surface area contributed by atoms with E-state index in [9.17, 15) is 13.2 Å². The smallest absolute Gasteiger partial charge is 0.276 e. The van der Waals surface area contributed by atoms with Crippen LogP contribution in [0, 0.1) is 0 Å². The lowest BCUT2D eigenvalue weighted by Crippen LogP contribution is -2.19. The average molecular weight is 496 g/mol. The number of benzene rings is 3. The number of sulfonamides is 1. The van der Waals surface area contributed by atoms with Crippen LogP contribution in [0.5, 0.6) is 11.5 Å². The molecule has 3 rings (SSSR count). The highest BCUT2D eigenvalue weighted by molar-refractivity contribution is 7.89. The SMILES string of the molecule is COc1ccc(C=NNS(=O)(=O)c2ccc(C(C)(C)C)cc2)cc1COc1ccccc1C(N)=O. The summed E-state index contributed by atoms with van der Waals surface area (Å²) in [6.07, 6.45) is 1.39. The van der Waals surface area contributed by atoms with Crippen LogP contribution in [0.25, 0.3) is 0 Å². The monoisotopic (exact) mass is 495 g/mol. The van der Waals surface area contributed by atoms with E-state index in [1.807, 2.05) is 0 Å². The molecule has 35 heavy (non-hydrogen) atoms. The molecule has 0 saturated carbocycles. The van der Waals surface area contributed by atoms with Gasteiger partial charge in [-0.15, -0.1) is 0 Å². The standard InChI is InChI=1S/C26H29N3O5S/c1-26(2,3)20-10-12-21(13-11-20)35(31,32)29-28-16-18-9-14-23(33-4)19(15-18)17-34-24-8-6-5-7-22(24)25(27)30/h5-16,29H,17H2,1-4H3,(H2,27,30). The van der Waals surface area contributed by atoms with Crippen molar-refractivity contribution in [3.8, 4) is 11.5 Å². The van der Waals surface area contributed by atoms with E-state index in [-0.39, 0.29) is 22.5 Å². The van der Waals surface area contributed by atoms with Gasteiger partial charge in [0.25, 0.3) is 15.9 Å². The van der Waals surface area contributed by atoms with Crippen molar-refractivity contribution in [1.82, 2.24) is 4.83 Å². The second kappa shape index (κ2) is 10.6. The average Bonchev–Trinajstić information content (AvgIpc) is 2.82. The van der Waals surface area contributed by atoms with Crippen molar-refractivity contribution in [2.24, 2.45) is 10.8 Å². The maximum atomic E-state index is 12.6. The molecule has 3 N–H and O–H groups in total. The minimum Gasteiger partial charge on any atom is -0.496 e. The Bertz CT molecular complexity index is 1330. The molecule has 0 aliphatic carbocycles. The maximum Gasteiger partial charge on any atom is 0.276 e. The van der Waals surface area contributed by atoms with Crippen molar-refractivity contribution < 1.29 is 22.7 Å². The number of amides is 1. The molecular weight excluding hydrogens is 466 g/mol. The zero-order chi connectivity index (χ0) is 25.6. The zero-order valence-electron chi connectivity index (χ0n) is 20.1. The molecule has 0 spiro atoms. The van der Waals surface area contributed by atoms with E-state index >= 15 is 0 Å². The van der Waals surface area contributed by atoms with Crippen LogP contribution < -0.4 is 20.0 Å². The van der Waals surface area contributed by atoms with E-state index in [1.165, 1.54) is 13.3 Å². The number of carbonyl (C=O) groups is 1. The summed E-state index contributed by atoms with van der Waals surface area (Å²) in [6.45, 7) is 6.28. The Morgan fingerprint density at radius 2 is 1.71 bits per heavy atom. The van der Waals surface area contributed by atoms with Gasteiger partial charge < -0.3 is 15.2 Å². The van der Waals surface area contributed by atoms with Crippen LogP contribution in [0.4, 0.5) is 0 Å². The summed E-state index contributed by atoms with van der Waals surface area (Å²) in [6, 6.07) is 18.6. The summed E-state index contributed by atoms with van der Waals surface area (Å²) in [5, 5.41) is 3.91. The molecule has 0 heterocycles. The zero-order valence-corrected chi connectivity index (χ0v) is 20.9. The largest absolute Gasteiger partial charge is 0.496 e. The molecule has 9 heteroatoms. The number of para-hydroxylation sites is 1. The van der Waals surface area contributed by atoms with Crippen LogP contribution in [0.3, 0.4) is 0 Å². The third kappa shape index (κ3) is 6.60. The minimum atomic E-state index is -3.82. The highest BCUT2D eigenvalue weighted by atomic mass is 32.2. The van der Waals surface area contributed by atoms with Gasteiger partial charge >= 0.3 is 0 Å². The van der Waals surface area contributed by atoms with Crippen LogP contribution in [-0.4, -0.2) is 27.6 Å². The first kappa shape index (κ1) is 25.8. The summed E-state index contributed by atoms with van der Waals surface area (Å²) in [5.74, 6) is 0.332. The van der Waals surface area contributed by atoms with Crippen molar-refractivity contribution in [3.05, 3.63) is 89.0 Å². The first-order chi connectivity index (χ1) is 16.5. The Hall–Kier alpha value is -3.85. The number of nitrogens with one attached hydrogen (secondary N) is 1. The number of nitrogens with zero attached hydrogens (tertiary/aromatic N) is 1. The van der Waals surface area contributed by atoms with E-state index in [0.29, 0.717) is 22.6 Å². The Morgan fingerprint density at radius 1 is 1.03 bits per heavy atom. The maximum absolute atomic E-state index is 12.6. The van der Waals surface area contributed by atoms with Gasteiger partial charge in [0.1, 0.15) is 18.1 Å². The van der Waals surface area contributed by atoms with Gasteiger partial charge in [-0.2, -0.15) is 13.5 Å². The topological polar surface area (TPSA) is 120 Å². The number of ether oxygens (including phenoxy) is 2. The summed E-state index contributed by atoms with van der Waals surface area (Å²) in [7, 11) is -2.29. The highest BCUT2D eigenvalue weighted by Gasteiger charge is 2.17. The number of carbonyl (C=O) groups excluding carboxylic acids is 1. The summed E-state index contributed by atoms with van der Waals surface area (Å²) < 4.78 is 36.4. The van der Waals surface area contributed by atoms with E-state index in [4.69, 9.17) is 15.2 Å². The van der Waals surface area contributed by atoms with Crippen LogP contribution in [0.2, 0.25) is 0 Å². The summed E-state index contributed by atoms with van der Waals surface area (Å²) in [5.41, 5.74) is 7.93. The third-order valence-electron chi connectivity index (χ3n) is 5.26. The predicted octanol–water partition coefficient (Wildman–Crippen LogP) is 3.98. The second-order valence-electron chi connectivity index (χ2n) is 8.85. The summed E-state index contributed by atoms with van der Waals surface area (Å²) >= 11 is 0. The fourth-order valence-corrected chi connectivity index (χ4v) is 4.09. The molecule has 0 unspecified atom stereocenters. The predicted molar refractivity (Wildman–Crippen MR) is 135 cm³/mol. The van der Waals surface area contributed by atoms with Crippen molar-refractivity contribution in [2.75, 3.05) is 7.11 Å². The Kier molecular flexibility index (Phi) is 7.81. The van der Waals surface area contributed by atoms with Gasteiger partial charge in [-0.05, 0) is 59.0 Å². The van der Waals surface area contributed by atoms with Crippen molar-refractivity contribution in [1.29, 1.82) is 0 Å². The van der Waals surface area contributed by atoms with Crippen LogP contribution in [-0.2, 0) is 22.0 Å². The van der Waals surface area contributed by atoms with Crippen molar-refractivity contribution in [3.63, 3.8) is 0 Å². The molecule has 0 aliphatic rings. The number of primary amides is 1. The number of nitrogens with two attached hydrogens (primary N) is 1. The van der Waals surface area contributed by atoms with Crippen molar-refractivity contribution >= 4 is 22.1 Å². The number of rotatable bonds is 9. The molecule has 0 fully saturated rings. The third-order valence-corrected chi connectivity index (χ3v) is 6.50. The van der Waals surface area contributed by atoms with Crippen LogP contribution >= 0.6 is 0 Å². The highest BCUT2D eigenvalue weighted by Crippen LogP contribution is 2.25. The molecule has 3 aromatic carbocycles. The van der Waals surface area contributed by atoms with Crippen molar-refractivity contribution in [2.45, 2.75) is 37.7 Å². The van der Waals surface area contributed by atoms with Gasteiger partial charge in [-0.3, -0.25) is 4.79 Å². The van der Waals surface area contributed by atoms with E-state index < -0.39 is 15.9 Å². The normalized spacial score (nSPS) is 11.9. The number of hydrazone groups is 1. The van der Waals surface area contributed by atoms with Crippen LogP contribution in [0.15, 0.2) is 76.7 Å². The van der Waals surface area contributed by atoms with Gasteiger partial charge in [0.2, 0.25) is 0 Å². The van der Waals surface area contributed by atoms with Crippen LogP contribution in [0.1, 0.15) is 47.8 Å². The first-order valence-corrected chi connectivity index (χ1v) is 12.3. The lowest BCUT2D eigenvalue weighted by atomic mass is 9.87. The quantitative estimate of drug-likeness (QED) is 0.344. The summed E-state index contributed by atoms with van der Waals surface area (Å²) in [4.78, 5) is 14.0. The minimum absolute atomic E-state index is 0.0778. The van der Waals surface area contributed by atoms with Gasteiger partial charge in [0.05, 0.1) is 23.8 Å². The van der Waals surface area contributed by atoms with E-state index in [2.05, 4.69) is 30.7 Å². The molecule has 184 valence electrons. The Morgan fingerprint density at radius 3 is 2.34 bits per heavy atom. The molecule has 8 nitrogen and oxygen atoms in total. The molecule has 1 amide bonds. The molecule has 0 aromatic heterocycles. The molecular formula is C26H29N3O5S. The van der Waals surface area contributed by atoms with Gasteiger partial charge in [-0.25, -0.2) is 4.83 Å². The Balaban J connectivity index is 1.73. The van der Waals surface area contributed by atoms with E-state index in [0.717, 1.165) is 5.56 Å². The molecule has 0 saturated heterocycles. The number of hydrogen-bond donors (Lipinski definition) is 2. The first-order valence-electron chi connectivity index (χ1n) is 10.9. The lowest BCUT2D eigenvalue weighted by Gasteiger charge is -2.19. The van der Waals surface area contributed by atoms with Gasteiger partial charge in [0, 0.05) is 5.56 Å². The molecule has 0 radical (unpaired) electrons. The van der Waals surface area contributed by atoms with Gasteiger partial charge in [-0.1, -0.05) is 45.0 Å². The molecule has 0 aliphatic heterocycles. The molecule has 3 aromatic rings. The van der Waals surface area contributed by atoms with Gasteiger partial charge in [0.15, 0.2) is 0 Å². The van der Waals surface area contributed by atoms with E-state index in [1.54, 1.807) is 66.7 Å².